The molecule has 2 nitrogen and oxygen atoms in total. The van der Waals surface area contributed by atoms with Crippen LogP contribution in [-0.2, 0) is 0 Å². The van der Waals surface area contributed by atoms with Crippen LogP contribution in [0.25, 0.3) is 0 Å². The molecule has 0 saturated carbocycles. The van der Waals surface area contributed by atoms with Crippen molar-refractivity contribution in [2.24, 2.45) is 0 Å². The lowest BCUT2D eigenvalue weighted by molar-refractivity contribution is 0.262. The molecule has 62 valence electrons. The SMILES string of the molecule is OCNCCC1=CC=CCC1. The molecular formula is C9H15NO. The first kappa shape index (κ1) is 8.50. The second kappa shape index (κ2) is 5.10. The molecule has 0 aromatic rings. The van der Waals surface area contributed by atoms with Crippen LogP contribution in [0.3, 0.4) is 0 Å². The molecule has 0 saturated heterocycles. The summed E-state index contributed by atoms with van der Waals surface area (Å²) in [4.78, 5) is 0. The zero-order chi connectivity index (χ0) is 7.94. The van der Waals surface area contributed by atoms with Crippen molar-refractivity contribution in [3.05, 3.63) is 23.8 Å². The number of allylic oxidation sites excluding steroid dienone is 3. The van der Waals surface area contributed by atoms with E-state index in [0.717, 1.165) is 13.0 Å². The summed E-state index contributed by atoms with van der Waals surface area (Å²) in [6.45, 7) is 0.972. The quantitative estimate of drug-likeness (QED) is 0.469. The molecule has 0 aliphatic heterocycles. The summed E-state index contributed by atoms with van der Waals surface area (Å²) in [5.74, 6) is 0. The van der Waals surface area contributed by atoms with Gasteiger partial charge in [-0.25, -0.2) is 0 Å². The van der Waals surface area contributed by atoms with Crippen molar-refractivity contribution in [1.82, 2.24) is 5.32 Å². The van der Waals surface area contributed by atoms with Crippen molar-refractivity contribution in [1.29, 1.82) is 0 Å². The average molecular weight is 153 g/mol. The average Bonchev–Trinajstić information content (AvgIpc) is 2.07. The third-order valence-electron chi connectivity index (χ3n) is 1.83. The lowest BCUT2D eigenvalue weighted by atomic mass is 10.0. The molecule has 0 unspecified atom stereocenters. The van der Waals surface area contributed by atoms with Gasteiger partial charge in [-0.2, -0.15) is 0 Å². The largest absolute Gasteiger partial charge is 0.381 e. The Balaban J connectivity index is 2.15. The van der Waals surface area contributed by atoms with E-state index in [1.807, 2.05) is 0 Å². The van der Waals surface area contributed by atoms with Gasteiger partial charge < -0.3 is 5.11 Å². The summed E-state index contributed by atoms with van der Waals surface area (Å²) in [5, 5.41) is 11.3. The van der Waals surface area contributed by atoms with E-state index in [4.69, 9.17) is 5.11 Å². The third kappa shape index (κ3) is 3.35. The predicted molar refractivity (Wildman–Crippen MR) is 46.2 cm³/mol. The molecule has 1 rings (SSSR count). The van der Waals surface area contributed by atoms with E-state index in [9.17, 15) is 0 Å². The normalized spacial score (nSPS) is 16.6. The standard InChI is InChI=1S/C9H15NO/c11-8-10-7-6-9-4-2-1-3-5-9/h1-2,4,10-11H,3,5-8H2. The number of aliphatic hydroxyl groups is 1. The number of hydrogen-bond acceptors (Lipinski definition) is 2. The van der Waals surface area contributed by atoms with E-state index in [1.54, 1.807) is 0 Å². The Kier molecular flexibility index (Phi) is 3.94. The van der Waals surface area contributed by atoms with Crippen LogP contribution >= 0.6 is 0 Å². The highest BCUT2D eigenvalue weighted by Crippen LogP contribution is 2.13. The molecule has 0 atom stereocenters. The van der Waals surface area contributed by atoms with Gasteiger partial charge in [-0.15, -0.1) is 0 Å². The second-order valence-electron chi connectivity index (χ2n) is 2.70. The van der Waals surface area contributed by atoms with Gasteiger partial charge in [-0.05, 0) is 19.3 Å². The molecule has 0 amide bonds. The lowest BCUT2D eigenvalue weighted by Gasteiger charge is -2.08. The summed E-state index contributed by atoms with van der Waals surface area (Å²) in [7, 11) is 0. The molecular weight excluding hydrogens is 138 g/mol. The highest BCUT2D eigenvalue weighted by molar-refractivity contribution is 5.17. The van der Waals surface area contributed by atoms with E-state index < -0.39 is 0 Å². The molecule has 1 aliphatic rings. The summed E-state index contributed by atoms with van der Waals surface area (Å²) < 4.78 is 0. The number of rotatable bonds is 4. The molecule has 2 N–H and O–H groups in total. The Morgan fingerprint density at radius 2 is 2.45 bits per heavy atom. The van der Waals surface area contributed by atoms with E-state index in [-0.39, 0.29) is 6.73 Å². The van der Waals surface area contributed by atoms with Crippen LogP contribution in [0.2, 0.25) is 0 Å². The Morgan fingerprint density at radius 3 is 3.09 bits per heavy atom. The van der Waals surface area contributed by atoms with Crippen LogP contribution in [0.15, 0.2) is 23.8 Å². The fraction of sp³-hybridized carbons (Fsp3) is 0.556. The fourth-order valence-corrected chi connectivity index (χ4v) is 1.19. The minimum atomic E-state index is 0.0864. The highest BCUT2D eigenvalue weighted by atomic mass is 16.3. The van der Waals surface area contributed by atoms with Gasteiger partial charge >= 0.3 is 0 Å². The van der Waals surface area contributed by atoms with Crippen molar-refractivity contribution >= 4 is 0 Å². The molecule has 2 heteroatoms. The maximum absolute atomic E-state index is 8.45. The molecule has 0 aromatic carbocycles. The predicted octanol–water partition coefficient (Wildman–Crippen LogP) is 1.19. The van der Waals surface area contributed by atoms with E-state index in [0.29, 0.717) is 0 Å². The minimum Gasteiger partial charge on any atom is -0.381 e. The number of hydrogen-bond donors (Lipinski definition) is 2. The van der Waals surface area contributed by atoms with Crippen molar-refractivity contribution in [3.63, 3.8) is 0 Å². The van der Waals surface area contributed by atoms with Crippen LogP contribution in [-0.4, -0.2) is 18.4 Å². The first-order valence-corrected chi connectivity index (χ1v) is 4.09. The lowest BCUT2D eigenvalue weighted by Crippen LogP contribution is -2.16. The Bertz CT molecular complexity index is 161. The van der Waals surface area contributed by atoms with Crippen molar-refractivity contribution < 1.29 is 5.11 Å². The van der Waals surface area contributed by atoms with E-state index in [2.05, 4.69) is 23.5 Å². The molecule has 0 spiro atoms. The molecule has 11 heavy (non-hydrogen) atoms. The van der Waals surface area contributed by atoms with E-state index in [1.165, 1.54) is 18.4 Å². The molecule has 0 bridgehead atoms. The Morgan fingerprint density at radius 1 is 1.55 bits per heavy atom. The maximum Gasteiger partial charge on any atom is 0.0931 e. The minimum absolute atomic E-state index is 0.0864. The molecule has 0 fully saturated rings. The van der Waals surface area contributed by atoms with Gasteiger partial charge in [0.2, 0.25) is 0 Å². The molecule has 0 radical (unpaired) electrons. The monoisotopic (exact) mass is 153 g/mol. The first-order valence-electron chi connectivity index (χ1n) is 4.09. The van der Waals surface area contributed by atoms with Crippen molar-refractivity contribution in [2.45, 2.75) is 19.3 Å². The summed E-state index contributed by atoms with van der Waals surface area (Å²) in [5.41, 5.74) is 1.48. The van der Waals surface area contributed by atoms with Crippen LogP contribution in [0.5, 0.6) is 0 Å². The van der Waals surface area contributed by atoms with Crippen molar-refractivity contribution in [2.75, 3.05) is 13.3 Å². The second-order valence-corrected chi connectivity index (χ2v) is 2.70. The van der Waals surface area contributed by atoms with Crippen LogP contribution < -0.4 is 5.32 Å². The Hall–Kier alpha value is -0.600. The van der Waals surface area contributed by atoms with Crippen LogP contribution in [0.4, 0.5) is 0 Å². The molecule has 0 heterocycles. The Labute approximate surface area is 67.6 Å². The summed E-state index contributed by atoms with van der Waals surface area (Å²) in [6.07, 6.45) is 9.88. The summed E-state index contributed by atoms with van der Waals surface area (Å²) >= 11 is 0. The zero-order valence-corrected chi connectivity index (χ0v) is 6.71. The third-order valence-corrected chi connectivity index (χ3v) is 1.83. The van der Waals surface area contributed by atoms with Crippen LogP contribution in [0, 0.1) is 0 Å². The van der Waals surface area contributed by atoms with Gasteiger partial charge in [0.25, 0.3) is 0 Å². The van der Waals surface area contributed by atoms with Gasteiger partial charge in [0.05, 0.1) is 6.73 Å². The summed E-state index contributed by atoms with van der Waals surface area (Å²) in [6, 6.07) is 0. The maximum atomic E-state index is 8.45. The fourth-order valence-electron chi connectivity index (χ4n) is 1.19. The van der Waals surface area contributed by atoms with Gasteiger partial charge in [0.15, 0.2) is 0 Å². The van der Waals surface area contributed by atoms with E-state index >= 15 is 0 Å². The van der Waals surface area contributed by atoms with Crippen LogP contribution in [0.1, 0.15) is 19.3 Å². The van der Waals surface area contributed by atoms with Crippen molar-refractivity contribution in [3.8, 4) is 0 Å². The topological polar surface area (TPSA) is 32.3 Å². The first-order chi connectivity index (χ1) is 5.43. The smallest absolute Gasteiger partial charge is 0.0931 e. The highest BCUT2D eigenvalue weighted by Gasteiger charge is 1.97. The van der Waals surface area contributed by atoms with Gasteiger partial charge in [0, 0.05) is 6.54 Å². The number of nitrogens with one attached hydrogen (secondary N) is 1. The molecule has 0 aromatic heterocycles. The van der Waals surface area contributed by atoms with Gasteiger partial charge in [0.1, 0.15) is 0 Å². The zero-order valence-electron chi connectivity index (χ0n) is 6.71. The van der Waals surface area contributed by atoms with Gasteiger partial charge in [-0.1, -0.05) is 23.8 Å². The molecule has 1 aliphatic carbocycles. The number of aliphatic hydroxyl groups excluding tert-OH is 1. The van der Waals surface area contributed by atoms with Gasteiger partial charge in [-0.3, -0.25) is 5.32 Å².